The maximum Gasteiger partial charge on any atom is 0.352 e. The molecule has 2 rings (SSSR count). The minimum atomic E-state index is -1.14. The smallest absolute Gasteiger partial charge is 0.352 e. The molecule has 0 saturated carbocycles. The van der Waals surface area contributed by atoms with E-state index in [-0.39, 0.29) is 11.1 Å². The maximum absolute atomic E-state index is 11.5. The number of aromatic nitrogens is 1. The number of carboxylic acids is 1. The van der Waals surface area contributed by atoms with Crippen LogP contribution in [0.5, 0.6) is 0 Å². The molecule has 1 heterocycles. The van der Waals surface area contributed by atoms with Crippen LogP contribution in [0.15, 0.2) is 35.1 Å². The summed E-state index contributed by atoms with van der Waals surface area (Å²) in [5, 5.41) is 8.92. The van der Waals surface area contributed by atoms with Crippen molar-refractivity contribution in [3.05, 3.63) is 57.4 Å². The van der Waals surface area contributed by atoms with Gasteiger partial charge in [0.25, 0.3) is 0 Å². The summed E-state index contributed by atoms with van der Waals surface area (Å²) in [6, 6.07) is 8.27. The zero-order valence-electron chi connectivity index (χ0n) is 10.2. The molecular formula is C14H13NO3. The predicted molar refractivity (Wildman–Crippen MR) is 68.9 cm³/mol. The number of rotatable bonds is 2. The summed E-state index contributed by atoms with van der Waals surface area (Å²) in [5.74, 6) is -1.14. The van der Waals surface area contributed by atoms with Gasteiger partial charge in [0.1, 0.15) is 5.69 Å². The zero-order valence-corrected chi connectivity index (χ0v) is 10.2. The Morgan fingerprint density at radius 1 is 1.17 bits per heavy atom. The normalized spacial score (nSPS) is 10.3. The van der Waals surface area contributed by atoms with Crippen LogP contribution in [0.1, 0.15) is 21.6 Å². The Bertz CT molecular complexity index is 671. The third-order valence-corrected chi connectivity index (χ3v) is 2.75. The van der Waals surface area contributed by atoms with Gasteiger partial charge in [-0.3, -0.25) is 4.79 Å². The van der Waals surface area contributed by atoms with Crippen molar-refractivity contribution in [1.29, 1.82) is 0 Å². The number of pyridine rings is 1. The second-order valence-corrected chi connectivity index (χ2v) is 4.27. The fourth-order valence-corrected chi connectivity index (χ4v) is 1.92. The number of benzene rings is 1. The average Bonchev–Trinajstić information content (AvgIpc) is 2.27. The standard InChI is InChI=1S/C14H13NO3/c1-8-3-4-11(9(2)5-8)12-6-10(16)7-13(15-12)14(17)18/h3-7H,1-2H3,(H,15,16)(H,17,18). The van der Waals surface area contributed by atoms with E-state index in [0.717, 1.165) is 22.8 Å². The first-order valence-electron chi connectivity index (χ1n) is 5.52. The molecule has 0 amide bonds. The van der Waals surface area contributed by atoms with Crippen LogP contribution in [0.4, 0.5) is 0 Å². The molecule has 0 aliphatic carbocycles. The molecule has 0 aliphatic rings. The molecule has 0 aliphatic heterocycles. The van der Waals surface area contributed by atoms with Crippen LogP contribution >= 0.6 is 0 Å². The second-order valence-electron chi connectivity index (χ2n) is 4.27. The average molecular weight is 243 g/mol. The van der Waals surface area contributed by atoms with E-state index in [0.29, 0.717) is 5.69 Å². The van der Waals surface area contributed by atoms with Gasteiger partial charge in [-0.2, -0.15) is 0 Å². The Morgan fingerprint density at radius 3 is 2.50 bits per heavy atom. The van der Waals surface area contributed by atoms with Crippen LogP contribution < -0.4 is 5.43 Å². The topological polar surface area (TPSA) is 70.2 Å². The lowest BCUT2D eigenvalue weighted by Crippen LogP contribution is -2.09. The van der Waals surface area contributed by atoms with Gasteiger partial charge in [0.15, 0.2) is 5.43 Å². The fourth-order valence-electron chi connectivity index (χ4n) is 1.92. The van der Waals surface area contributed by atoms with E-state index in [9.17, 15) is 9.59 Å². The van der Waals surface area contributed by atoms with Crippen LogP contribution in [0, 0.1) is 13.8 Å². The van der Waals surface area contributed by atoms with Crippen molar-refractivity contribution in [2.75, 3.05) is 0 Å². The number of aromatic amines is 1. The van der Waals surface area contributed by atoms with E-state index in [4.69, 9.17) is 5.11 Å². The number of H-pyrrole nitrogens is 1. The van der Waals surface area contributed by atoms with Gasteiger partial charge in [-0.15, -0.1) is 0 Å². The Balaban J connectivity index is 2.64. The zero-order chi connectivity index (χ0) is 13.3. The van der Waals surface area contributed by atoms with Crippen LogP contribution in [0.2, 0.25) is 0 Å². The van der Waals surface area contributed by atoms with Gasteiger partial charge in [-0.25, -0.2) is 4.79 Å². The third-order valence-electron chi connectivity index (χ3n) is 2.75. The van der Waals surface area contributed by atoms with Gasteiger partial charge >= 0.3 is 5.97 Å². The fraction of sp³-hybridized carbons (Fsp3) is 0.143. The van der Waals surface area contributed by atoms with Crippen LogP contribution in [-0.4, -0.2) is 16.1 Å². The summed E-state index contributed by atoms with van der Waals surface area (Å²) in [7, 11) is 0. The molecule has 0 unspecified atom stereocenters. The molecule has 0 spiro atoms. The lowest BCUT2D eigenvalue weighted by molar-refractivity contribution is 0.0690. The Labute approximate surface area is 104 Å². The summed E-state index contributed by atoms with van der Waals surface area (Å²) < 4.78 is 0. The number of hydrogen-bond acceptors (Lipinski definition) is 2. The Kier molecular flexibility index (Phi) is 3.02. The second kappa shape index (κ2) is 4.49. The van der Waals surface area contributed by atoms with Crippen LogP contribution in [-0.2, 0) is 0 Å². The maximum atomic E-state index is 11.5. The third kappa shape index (κ3) is 2.32. The van der Waals surface area contributed by atoms with Crippen molar-refractivity contribution in [3.8, 4) is 11.3 Å². The quantitative estimate of drug-likeness (QED) is 0.850. The molecule has 0 atom stereocenters. The highest BCUT2D eigenvalue weighted by atomic mass is 16.4. The summed E-state index contributed by atoms with van der Waals surface area (Å²) in [4.78, 5) is 25.2. The molecule has 0 fully saturated rings. The number of carbonyl (C=O) groups is 1. The summed E-state index contributed by atoms with van der Waals surface area (Å²) in [6.45, 7) is 3.90. The molecule has 2 N–H and O–H groups in total. The highest BCUT2D eigenvalue weighted by molar-refractivity contribution is 5.86. The van der Waals surface area contributed by atoms with Crippen molar-refractivity contribution < 1.29 is 9.90 Å². The first-order valence-corrected chi connectivity index (χ1v) is 5.52. The summed E-state index contributed by atoms with van der Waals surface area (Å²) in [5.41, 5.74) is 3.05. The van der Waals surface area contributed by atoms with E-state index in [2.05, 4.69) is 4.98 Å². The van der Waals surface area contributed by atoms with Crippen molar-refractivity contribution >= 4 is 5.97 Å². The lowest BCUT2D eigenvalue weighted by atomic mass is 10.0. The SMILES string of the molecule is Cc1ccc(-c2cc(=O)cc(C(=O)O)[nH]2)c(C)c1. The van der Waals surface area contributed by atoms with E-state index < -0.39 is 5.97 Å². The van der Waals surface area contributed by atoms with Crippen LogP contribution in [0.25, 0.3) is 11.3 Å². The molecular weight excluding hydrogens is 230 g/mol. The van der Waals surface area contributed by atoms with E-state index in [1.165, 1.54) is 6.07 Å². The summed E-state index contributed by atoms with van der Waals surface area (Å²) in [6.07, 6.45) is 0. The van der Waals surface area contributed by atoms with Gasteiger partial charge in [-0.1, -0.05) is 23.8 Å². The van der Waals surface area contributed by atoms with E-state index >= 15 is 0 Å². The molecule has 4 heteroatoms. The van der Waals surface area contributed by atoms with Crippen LogP contribution in [0.3, 0.4) is 0 Å². The van der Waals surface area contributed by atoms with Crippen molar-refractivity contribution in [3.63, 3.8) is 0 Å². The van der Waals surface area contributed by atoms with Crippen molar-refractivity contribution in [2.24, 2.45) is 0 Å². The summed E-state index contributed by atoms with van der Waals surface area (Å²) >= 11 is 0. The van der Waals surface area contributed by atoms with Crippen molar-refractivity contribution in [2.45, 2.75) is 13.8 Å². The number of hydrogen-bond donors (Lipinski definition) is 2. The number of aromatic carboxylic acids is 1. The molecule has 0 radical (unpaired) electrons. The molecule has 2 aromatic rings. The molecule has 0 bridgehead atoms. The van der Waals surface area contributed by atoms with Crippen molar-refractivity contribution in [1.82, 2.24) is 4.98 Å². The van der Waals surface area contributed by atoms with Gasteiger partial charge in [0, 0.05) is 17.7 Å². The molecule has 0 saturated heterocycles. The largest absolute Gasteiger partial charge is 0.477 e. The number of carboxylic acid groups (broad SMARTS) is 1. The van der Waals surface area contributed by atoms with Gasteiger partial charge in [-0.05, 0) is 19.4 Å². The molecule has 92 valence electrons. The monoisotopic (exact) mass is 243 g/mol. The predicted octanol–water partition coefficient (Wildman–Crippen LogP) is 2.36. The van der Waals surface area contributed by atoms with Gasteiger partial charge < -0.3 is 10.1 Å². The number of nitrogens with one attached hydrogen (secondary N) is 1. The minimum absolute atomic E-state index is 0.0996. The first-order chi connectivity index (χ1) is 8.47. The molecule has 4 nitrogen and oxygen atoms in total. The highest BCUT2D eigenvalue weighted by Crippen LogP contribution is 2.21. The molecule has 18 heavy (non-hydrogen) atoms. The highest BCUT2D eigenvalue weighted by Gasteiger charge is 2.09. The minimum Gasteiger partial charge on any atom is -0.477 e. The first kappa shape index (κ1) is 12.1. The molecule has 1 aromatic heterocycles. The van der Waals surface area contributed by atoms with E-state index in [1.807, 2.05) is 32.0 Å². The number of aryl methyl sites for hydroxylation is 2. The van der Waals surface area contributed by atoms with E-state index in [1.54, 1.807) is 0 Å². The van der Waals surface area contributed by atoms with Gasteiger partial charge in [0.05, 0.1) is 5.69 Å². The lowest BCUT2D eigenvalue weighted by Gasteiger charge is -2.08. The Hall–Kier alpha value is -2.36. The Morgan fingerprint density at radius 2 is 1.89 bits per heavy atom. The molecule has 1 aromatic carbocycles. The van der Waals surface area contributed by atoms with Gasteiger partial charge in [0.2, 0.25) is 0 Å².